The largest absolute Gasteiger partial charge is 0.506 e. The van der Waals surface area contributed by atoms with Gasteiger partial charge in [-0.2, -0.15) is 0 Å². The summed E-state index contributed by atoms with van der Waals surface area (Å²) in [4.78, 5) is 8.05. The Hall–Kier alpha value is -1.98. The smallest absolute Gasteiger partial charge is 0.191 e. The molecule has 0 bridgehead atoms. The molecule has 1 aromatic heterocycles. The molecule has 0 amide bonds. The van der Waals surface area contributed by atoms with Crippen LogP contribution in [0, 0.1) is 0 Å². The molecule has 102 valence electrons. The van der Waals surface area contributed by atoms with Crippen LogP contribution < -0.4 is 11.5 Å². The summed E-state index contributed by atoms with van der Waals surface area (Å²) in [6.45, 7) is 0. The Kier molecular flexibility index (Phi) is 6.68. The third-order valence-electron chi connectivity index (χ3n) is 2.16. The Morgan fingerprint density at radius 3 is 2.47 bits per heavy atom. The first-order valence-electron chi connectivity index (χ1n) is 5.01. The van der Waals surface area contributed by atoms with Gasteiger partial charge in [0, 0.05) is 11.8 Å². The zero-order valence-electron chi connectivity index (χ0n) is 9.85. The molecule has 0 fully saturated rings. The Bertz CT molecular complexity index is 571. The molecule has 2 aromatic rings. The van der Waals surface area contributed by atoms with Gasteiger partial charge in [-0.25, -0.2) is 4.99 Å². The number of nitrogens with zero attached hydrogens (tertiary/aromatic N) is 2. The highest BCUT2D eigenvalue weighted by Crippen LogP contribution is 2.28. The standard InChI is InChI=1S/C12H12N4O.2ClH/c13-12(14)16-9-4-1-3-8(7-9)11-10(17)5-2-6-15-11;;/h1-7,17H,(H4,13,14,16);2*1H. The first-order chi connectivity index (χ1) is 8.16. The highest BCUT2D eigenvalue weighted by molar-refractivity contribution is 5.85. The van der Waals surface area contributed by atoms with Crippen molar-refractivity contribution in [2.24, 2.45) is 16.5 Å². The normalized spacial score (nSPS) is 8.84. The van der Waals surface area contributed by atoms with E-state index in [-0.39, 0.29) is 36.5 Å². The molecule has 2 rings (SSSR count). The molecule has 0 saturated carbocycles. The van der Waals surface area contributed by atoms with Crippen LogP contribution in [0.1, 0.15) is 0 Å². The van der Waals surface area contributed by atoms with Crippen LogP contribution in [0.15, 0.2) is 47.6 Å². The summed E-state index contributed by atoms with van der Waals surface area (Å²) in [5, 5.41) is 9.69. The number of nitrogens with two attached hydrogens (primary N) is 2. The lowest BCUT2D eigenvalue weighted by atomic mass is 10.1. The van der Waals surface area contributed by atoms with Crippen molar-refractivity contribution < 1.29 is 5.11 Å². The molecule has 0 saturated heterocycles. The monoisotopic (exact) mass is 300 g/mol. The number of pyridine rings is 1. The molecule has 0 aliphatic carbocycles. The number of aromatic hydroxyl groups is 1. The summed E-state index contributed by atoms with van der Waals surface area (Å²) < 4.78 is 0. The number of aromatic nitrogens is 1. The van der Waals surface area contributed by atoms with Gasteiger partial charge in [-0.1, -0.05) is 12.1 Å². The van der Waals surface area contributed by atoms with E-state index in [1.165, 1.54) is 0 Å². The fourth-order valence-electron chi connectivity index (χ4n) is 1.49. The molecule has 0 spiro atoms. The molecular formula is C12H14Cl2N4O. The third kappa shape index (κ3) is 4.31. The fraction of sp³-hybridized carbons (Fsp3) is 0. The minimum Gasteiger partial charge on any atom is -0.506 e. The summed E-state index contributed by atoms with van der Waals surface area (Å²) >= 11 is 0. The van der Waals surface area contributed by atoms with Crippen LogP contribution in [-0.4, -0.2) is 16.1 Å². The zero-order valence-corrected chi connectivity index (χ0v) is 11.5. The molecule has 0 atom stereocenters. The van der Waals surface area contributed by atoms with Crippen LogP contribution in [0.25, 0.3) is 11.3 Å². The zero-order chi connectivity index (χ0) is 12.3. The average Bonchev–Trinajstić information content (AvgIpc) is 2.29. The van der Waals surface area contributed by atoms with Crippen molar-refractivity contribution in [1.82, 2.24) is 4.98 Å². The van der Waals surface area contributed by atoms with Crippen molar-refractivity contribution in [3.8, 4) is 17.0 Å². The van der Waals surface area contributed by atoms with E-state index in [0.717, 1.165) is 5.56 Å². The van der Waals surface area contributed by atoms with Crippen LogP contribution in [-0.2, 0) is 0 Å². The van der Waals surface area contributed by atoms with E-state index in [0.29, 0.717) is 11.4 Å². The molecule has 0 radical (unpaired) electrons. The Morgan fingerprint density at radius 1 is 1.11 bits per heavy atom. The average molecular weight is 301 g/mol. The lowest BCUT2D eigenvalue weighted by molar-refractivity contribution is 0.475. The van der Waals surface area contributed by atoms with Crippen LogP contribution >= 0.6 is 24.8 Å². The van der Waals surface area contributed by atoms with E-state index < -0.39 is 0 Å². The fourth-order valence-corrected chi connectivity index (χ4v) is 1.49. The number of halogens is 2. The number of rotatable bonds is 2. The van der Waals surface area contributed by atoms with Crippen molar-refractivity contribution in [2.75, 3.05) is 0 Å². The molecule has 5 N–H and O–H groups in total. The summed E-state index contributed by atoms with van der Waals surface area (Å²) in [6.07, 6.45) is 1.61. The van der Waals surface area contributed by atoms with Gasteiger partial charge in [0.2, 0.25) is 0 Å². The van der Waals surface area contributed by atoms with E-state index in [2.05, 4.69) is 9.98 Å². The predicted octanol–water partition coefficient (Wildman–Crippen LogP) is 2.20. The highest BCUT2D eigenvalue weighted by atomic mass is 35.5. The minimum atomic E-state index is -0.00704. The third-order valence-corrected chi connectivity index (χ3v) is 2.16. The second kappa shape index (κ2) is 7.45. The molecule has 0 unspecified atom stereocenters. The second-order valence-electron chi connectivity index (χ2n) is 3.46. The van der Waals surface area contributed by atoms with Gasteiger partial charge in [-0.3, -0.25) is 4.98 Å². The van der Waals surface area contributed by atoms with Crippen molar-refractivity contribution >= 4 is 36.5 Å². The number of hydrogen-bond acceptors (Lipinski definition) is 3. The van der Waals surface area contributed by atoms with E-state index in [1.807, 2.05) is 6.07 Å². The molecule has 5 nitrogen and oxygen atoms in total. The van der Waals surface area contributed by atoms with Gasteiger partial charge in [-0.05, 0) is 24.3 Å². The van der Waals surface area contributed by atoms with Crippen LogP contribution in [0.4, 0.5) is 5.69 Å². The first kappa shape index (κ1) is 17.0. The Morgan fingerprint density at radius 2 is 1.84 bits per heavy atom. The first-order valence-corrected chi connectivity index (χ1v) is 5.01. The molecule has 1 aromatic carbocycles. The summed E-state index contributed by atoms with van der Waals surface area (Å²) in [5.74, 6) is 0.113. The van der Waals surface area contributed by atoms with Crippen molar-refractivity contribution in [3.63, 3.8) is 0 Å². The maximum Gasteiger partial charge on any atom is 0.191 e. The predicted molar refractivity (Wildman–Crippen MR) is 81.3 cm³/mol. The molecule has 0 aliphatic rings. The molecule has 19 heavy (non-hydrogen) atoms. The quantitative estimate of drug-likeness (QED) is 0.585. The van der Waals surface area contributed by atoms with E-state index >= 15 is 0 Å². The number of aliphatic imine (C=N–C) groups is 1. The van der Waals surface area contributed by atoms with E-state index in [1.54, 1.807) is 36.5 Å². The van der Waals surface area contributed by atoms with Gasteiger partial charge in [0.15, 0.2) is 5.96 Å². The van der Waals surface area contributed by atoms with E-state index in [9.17, 15) is 5.11 Å². The van der Waals surface area contributed by atoms with Gasteiger partial charge >= 0.3 is 0 Å². The summed E-state index contributed by atoms with van der Waals surface area (Å²) in [5.41, 5.74) is 12.5. The van der Waals surface area contributed by atoms with Crippen molar-refractivity contribution in [3.05, 3.63) is 42.6 Å². The summed E-state index contributed by atoms with van der Waals surface area (Å²) in [7, 11) is 0. The molecule has 0 aliphatic heterocycles. The maximum absolute atomic E-state index is 9.69. The SMILES string of the molecule is Cl.Cl.NC(N)=Nc1cccc(-c2ncccc2O)c1. The van der Waals surface area contributed by atoms with Gasteiger partial charge < -0.3 is 16.6 Å². The van der Waals surface area contributed by atoms with Crippen molar-refractivity contribution in [2.45, 2.75) is 0 Å². The molecular weight excluding hydrogens is 287 g/mol. The number of guanidine groups is 1. The van der Waals surface area contributed by atoms with Crippen molar-refractivity contribution in [1.29, 1.82) is 0 Å². The number of hydrogen-bond donors (Lipinski definition) is 3. The topological polar surface area (TPSA) is 97.5 Å². The van der Waals surface area contributed by atoms with Gasteiger partial charge in [0.05, 0.1) is 5.69 Å². The lowest BCUT2D eigenvalue weighted by Gasteiger charge is -2.04. The van der Waals surface area contributed by atoms with Crippen LogP contribution in [0.3, 0.4) is 0 Å². The highest BCUT2D eigenvalue weighted by Gasteiger charge is 2.05. The number of benzene rings is 1. The van der Waals surface area contributed by atoms with Gasteiger partial charge in [0.25, 0.3) is 0 Å². The second-order valence-corrected chi connectivity index (χ2v) is 3.46. The summed E-state index contributed by atoms with van der Waals surface area (Å²) in [6, 6.07) is 10.4. The maximum atomic E-state index is 9.69. The van der Waals surface area contributed by atoms with Gasteiger partial charge in [-0.15, -0.1) is 24.8 Å². The van der Waals surface area contributed by atoms with Crippen LogP contribution in [0.2, 0.25) is 0 Å². The van der Waals surface area contributed by atoms with E-state index in [4.69, 9.17) is 11.5 Å². The molecule has 7 heteroatoms. The minimum absolute atomic E-state index is 0. The van der Waals surface area contributed by atoms with Gasteiger partial charge in [0.1, 0.15) is 11.4 Å². The molecule has 1 heterocycles. The Balaban J connectivity index is 0.00000162. The van der Waals surface area contributed by atoms with Crippen LogP contribution in [0.5, 0.6) is 5.75 Å². The lowest BCUT2D eigenvalue weighted by Crippen LogP contribution is -2.21. The Labute approximate surface area is 123 Å².